The maximum absolute atomic E-state index is 11.9. The van der Waals surface area contributed by atoms with Crippen LogP contribution in [0, 0.1) is 0 Å². The normalized spacial score (nSPS) is 17.0. The van der Waals surface area contributed by atoms with Crippen molar-refractivity contribution in [3.8, 4) is 5.75 Å². The standard InChI is InChI=1S/C13H18N2O3/c1-13(8-14-9-13)18-7-12(17)15(2)10-3-5-11(16)6-4-10/h3-6,14,16H,7-9H2,1-2H3. The molecule has 1 fully saturated rings. The third kappa shape index (κ3) is 2.80. The first-order valence-corrected chi connectivity index (χ1v) is 5.90. The van der Waals surface area contributed by atoms with Crippen LogP contribution in [0.4, 0.5) is 5.69 Å². The highest BCUT2D eigenvalue weighted by Crippen LogP contribution is 2.19. The van der Waals surface area contributed by atoms with Gasteiger partial charge in [-0.1, -0.05) is 0 Å². The van der Waals surface area contributed by atoms with Crippen LogP contribution in [0.5, 0.6) is 5.75 Å². The Morgan fingerprint density at radius 3 is 2.56 bits per heavy atom. The van der Waals surface area contributed by atoms with Gasteiger partial charge >= 0.3 is 0 Å². The number of phenols is 1. The van der Waals surface area contributed by atoms with E-state index in [9.17, 15) is 9.90 Å². The van der Waals surface area contributed by atoms with Gasteiger partial charge in [-0.25, -0.2) is 0 Å². The summed E-state index contributed by atoms with van der Waals surface area (Å²) in [4.78, 5) is 13.5. The van der Waals surface area contributed by atoms with Crippen LogP contribution in [-0.4, -0.2) is 43.4 Å². The number of amides is 1. The predicted molar refractivity (Wildman–Crippen MR) is 68.7 cm³/mol. The lowest BCUT2D eigenvalue weighted by Gasteiger charge is -2.39. The van der Waals surface area contributed by atoms with Crippen molar-refractivity contribution in [2.75, 3.05) is 31.6 Å². The molecule has 18 heavy (non-hydrogen) atoms. The van der Waals surface area contributed by atoms with Crippen molar-refractivity contribution in [3.63, 3.8) is 0 Å². The van der Waals surface area contributed by atoms with Crippen molar-refractivity contribution in [1.29, 1.82) is 0 Å². The zero-order chi connectivity index (χ0) is 13.2. The Bertz CT molecular complexity index is 426. The van der Waals surface area contributed by atoms with Crippen LogP contribution in [0.25, 0.3) is 0 Å². The number of nitrogens with one attached hydrogen (secondary N) is 1. The van der Waals surface area contributed by atoms with Gasteiger partial charge in [-0.2, -0.15) is 0 Å². The summed E-state index contributed by atoms with van der Waals surface area (Å²) in [5, 5.41) is 12.3. The molecule has 2 rings (SSSR count). The van der Waals surface area contributed by atoms with Crippen molar-refractivity contribution in [3.05, 3.63) is 24.3 Å². The number of hydrogen-bond acceptors (Lipinski definition) is 4. The minimum absolute atomic E-state index is 0.0650. The molecular formula is C13H18N2O3. The monoisotopic (exact) mass is 250 g/mol. The lowest BCUT2D eigenvalue weighted by atomic mass is 10.0. The molecule has 1 heterocycles. The van der Waals surface area contributed by atoms with Gasteiger partial charge in [0.2, 0.25) is 0 Å². The first kappa shape index (κ1) is 12.9. The van der Waals surface area contributed by atoms with Gasteiger partial charge in [-0.15, -0.1) is 0 Å². The van der Waals surface area contributed by atoms with E-state index in [4.69, 9.17) is 4.74 Å². The van der Waals surface area contributed by atoms with E-state index < -0.39 is 0 Å². The van der Waals surface area contributed by atoms with E-state index >= 15 is 0 Å². The average Bonchev–Trinajstić information content (AvgIpc) is 2.33. The number of hydrogen-bond donors (Lipinski definition) is 2. The fraction of sp³-hybridized carbons (Fsp3) is 0.462. The molecule has 0 radical (unpaired) electrons. The second-order valence-electron chi connectivity index (χ2n) is 4.81. The second kappa shape index (κ2) is 4.96. The molecule has 98 valence electrons. The molecule has 0 aromatic heterocycles. The molecule has 0 saturated carbocycles. The largest absolute Gasteiger partial charge is 0.508 e. The van der Waals surface area contributed by atoms with Gasteiger partial charge in [0.05, 0.1) is 5.60 Å². The Morgan fingerprint density at radius 2 is 2.06 bits per heavy atom. The number of carbonyl (C=O) groups excluding carboxylic acids is 1. The molecule has 0 aliphatic carbocycles. The van der Waals surface area contributed by atoms with E-state index in [1.165, 1.54) is 4.90 Å². The van der Waals surface area contributed by atoms with E-state index in [0.29, 0.717) is 0 Å². The highest BCUT2D eigenvalue weighted by atomic mass is 16.5. The fourth-order valence-corrected chi connectivity index (χ4v) is 1.73. The van der Waals surface area contributed by atoms with Crippen LogP contribution in [0.2, 0.25) is 0 Å². The van der Waals surface area contributed by atoms with Crippen LogP contribution < -0.4 is 10.2 Å². The van der Waals surface area contributed by atoms with E-state index in [1.54, 1.807) is 31.3 Å². The summed E-state index contributed by atoms with van der Waals surface area (Å²) in [5.74, 6) is 0.0812. The first-order chi connectivity index (χ1) is 8.50. The van der Waals surface area contributed by atoms with E-state index in [2.05, 4.69) is 5.32 Å². The fourth-order valence-electron chi connectivity index (χ4n) is 1.73. The summed E-state index contributed by atoms with van der Waals surface area (Å²) in [7, 11) is 1.69. The molecule has 1 aromatic rings. The number of carbonyl (C=O) groups is 1. The third-order valence-electron chi connectivity index (χ3n) is 3.15. The first-order valence-electron chi connectivity index (χ1n) is 5.90. The van der Waals surface area contributed by atoms with Crippen LogP contribution in [0.1, 0.15) is 6.92 Å². The molecule has 2 N–H and O–H groups in total. The summed E-state index contributed by atoms with van der Waals surface area (Å²) >= 11 is 0. The Kier molecular flexibility index (Phi) is 3.54. The Labute approximate surface area is 106 Å². The quantitative estimate of drug-likeness (QED) is 0.827. The zero-order valence-corrected chi connectivity index (χ0v) is 10.6. The number of likely N-dealkylation sites (N-methyl/N-ethyl adjacent to an activating group) is 1. The SMILES string of the molecule is CN(C(=O)COC1(C)CNC1)c1ccc(O)cc1. The van der Waals surface area contributed by atoms with Crippen molar-refractivity contribution in [2.45, 2.75) is 12.5 Å². The molecule has 1 aliphatic heterocycles. The topological polar surface area (TPSA) is 61.8 Å². The van der Waals surface area contributed by atoms with Crippen LogP contribution in [0.3, 0.4) is 0 Å². The van der Waals surface area contributed by atoms with Crippen molar-refractivity contribution in [2.24, 2.45) is 0 Å². The number of phenolic OH excluding ortho intramolecular Hbond substituents is 1. The van der Waals surface area contributed by atoms with E-state index in [-0.39, 0.29) is 23.9 Å². The highest BCUT2D eigenvalue weighted by molar-refractivity contribution is 5.93. The number of benzene rings is 1. The Balaban J connectivity index is 1.90. The van der Waals surface area contributed by atoms with Gasteiger partial charge in [-0.3, -0.25) is 4.79 Å². The average molecular weight is 250 g/mol. The van der Waals surface area contributed by atoms with E-state index in [0.717, 1.165) is 18.8 Å². The molecule has 5 heteroatoms. The molecule has 0 unspecified atom stereocenters. The van der Waals surface area contributed by atoms with Crippen molar-refractivity contribution in [1.82, 2.24) is 5.32 Å². The summed E-state index contributed by atoms with van der Waals surface area (Å²) in [5.41, 5.74) is 0.518. The molecule has 1 aromatic carbocycles. The van der Waals surface area contributed by atoms with Gasteiger partial charge in [0, 0.05) is 25.8 Å². The number of aromatic hydroxyl groups is 1. The zero-order valence-electron chi connectivity index (χ0n) is 10.6. The molecule has 5 nitrogen and oxygen atoms in total. The number of rotatable bonds is 4. The number of ether oxygens (including phenoxy) is 1. The van der Waals surface area contributed by atoms with Gasteiger partial charge in [0.25, 0.3) is 5.91 Å². The van der Waals surface area contributed by atoms with Crippen LogP contribution in [0.15, 0.2) is 24.3 Å². The summed E-state index contributed by atoms with van der Waals surface area (Å²) in [6, 6.07) is 6.49. The Morgan fingerprint density at radius 1 is 1.44 bits per heavy atom. The highest BCUT2D eigenvalue weighted by Gasteiger charge is 2.33. The minimum Gasteiger partial charge on any atom is -0.508 e. The maximum atomic E-state index is 11.9. The molecule has 0 spiro atoms. The van der Waals surface area contributed by atoms with Crippen LogP contribution in [-0.2, 0) is 9.53 Å². The van der Waals surface area contributed by atoms with Crippen molar-refractivity contribution >= 4 is 11.6 Å². The lowest BCUT2D eigenvalue weighted by molar-refractivity contribution is -0.133. The van der Waals surface area contributed by atoms with E-state index in [1.807, 2.05) is 6.92 Å². The van der Waals surface area contributed by atoms with Gasteiger partial charge in [-0.05, 0) is 31.2 Å². The molecule has 1 aliphatic rings. The lowest BCUT2D eigenvalue weighted by Crippen LogP contribution is -2.59. The maximum Gasteiger partial charge on any atom is 0.252 e. The Hall–Kier alpha value is -1.59. The molecule has 0 atom stereocenters. The van der Waals surface area contributed by atoms with Gasteiger partial charge in [0.15, 0.2) is 0 Å². The van der Waals surface area contributed by atoms with Gasteiger partial charge < -0.3 is 20.1 Å². The number of anilines is 1. The molecule has 0 bridgehead atoms. The molecule has 1 saturated heterocycles. The van der Waals surface area contributed by atoms with Crippen LogP contribution >= 0.6 is 0 Å². The summed E-state index contributed by atoms with van der Waals surface area (Å²) in [6.45, 7) is 3.61. The van der Waals surface area contributed by atoms with Gasteiger partial charge in [0.1, 0.15) is 12.4 Å². The second-order valence-corrected chi connectivity index (χ2v) is 4.81. The predicted octanol–water partition coefficient (Wildman–Crippen LogP) is 0.733. The third-order valence-corrected chi connectivity index (χ3v) is 3.15. The summed E-state index contributed by atoms with van der Waals surface area (Å²) in [6.07, 6.45) is 0. The summed E-state index contributed by atoms with van der Waals surface area (Å²) < 4.78 is 5.59. The number of nitrogens with zero attached hydrogens (tertiary/aromatic N) is 1. The molecule has 1 amide bonds. The van der Waals surface area contributed by atoms with Crippen molar-refractivity contribution < 1.29 is 14.6 Å². The minimum atomic E-state index is -0.217. The smallest absolute Gasteiger partial charge is 0.252 e. The molecular weight excluding hydrogens is 232 g/mol.